The van der Waals surface area contributed by atoms with Crippen LogP contribution in [0.1, 0.15) is 24.2 Å². The van der Waals surface area contributed by atoms with Crippen LogP contribution in [0.3, 0.4) is 0 Å². The number of hydrogen-bond donors (Lipinski definition) is 2. The Morgan fingerprint density at radius 1 is 1.43 bits per heavy atom. The number of likely N-dealkylation sites (N-methyl/N-ethyl adjacent to an activating group) is 1. The number of nitrogens with one attached hydrogen (secondary N) is 1. The van der Waals surface area contributed by atoms with E-state index in [4.69, 9.17) is 0 Å². The maximum absolute atomic E-state index is 12.6. The summed E-state index contributed by atoms with van der Waals surface area (Å²) >= 11 is 0. The van der Waals surface area contributed by atoms with Crippen LogP contribution < -0.4 is 5.32 Å². The predicted molar refractivity (Wildman–Crippen MR) is 72.6 cm³/mol. The number of hydrogen-bond acceptors (Lipinski definition) is 3. The lowest BCUT2D eigenvalue weighted by Crippen LogP contribution is -2.36. The standard InChI is InChI=1S/C14H19F3N2O2/c1-3-19(2)13(21)9-18-8-12(20)10-5-4-6-11(7-10)14(15,16)17/h4-7,12,18,20H,3,8-9H2,1-2H3. The summed E-state index contributed by atoms with van der Waals surface area (Å²) in [5.74, 6) is -0.145. The van der Waals surface area contributed by atoms with Crippen molar-refractivity contribution < 1.29 is 23.1 Å². The molecule has 1 aromatic carbocycles. The van der Waals surface area contributed by atoms with E-state index in [-0.39, 0.29) is 24.6 Å². The van der Waals surface area contributed by atoms with Gasteiger partial charge in [-0.05, 0) is 24.6 Å². The van der Waals surface area contributed by atoms with Gasteiger partial charge in [0, 0.05) is 20.1 Å². The molecule has 0 spiro atoms. The lowest BCUT2D eigenvalue weighted by atomic mass is 10.1. The topological polar surface area (TPSA) is 52.6 Å². The Labute approximate surface area is 121 Å². The zero-order valence-electron chi connectivity index (χ0n) is 11.9. The molecule has 1 aromatic rings. The van der Waals surface area contributed by atoms with Crippen LogP contribution in [0.25, 0.3) is 0 Å². The number of amides is 1. The number of carbonyl (C=O) groups excluding carboxylic acids is 1. The van der Waals surface area contributed by atoms with Crippen LogP contribution in [0.4, 0.5) is 13.2 Å². The fraction of sp³-hybridized carbons (Fsp3) is 0.500. The van der Waals surface area contributed by atoms with Crippen LogP contribution in [-0.2, 0) is 11.0 Å². The average molecular weight is 304 g/mol. The van der Waals surface area contributed by atoms with Crippen LogP contribution in [0.5, 0.6) is 0 Å². The van der Waals surface area contributed by atoms with Gasteiger partial charge in [0.25, 0.3) is 0 Å². The van der Waals surface area contributed by atoms with Gasteiger partial charge in [-0.1, -0.05) is 12.1 Å². The molecule has 1 rings (SSSR count). The van der Waals surface area contributed by atoms with Crippen molar-refractivity contribution in [1.82, 2.24) is 10.2 Å². The van der Waals surface area contributed by atoms with Gasteiger partial charge in [0.2, 0.25) is 5.91 Å². The Kier molecular flexibility index (Phi) is 6.17. The second-order valence-corrected chi connectivity index (χ2v) is 4.68. The van der Waals surface area contributed by atoms with Gasteiger partial charge in [0.15, 0.2) is 0 Å². The Hall–Kier alpha value is -1.60. The minimum absolute atomic E-state index is 0.00457. The number of carbonyl (C=O) groups is 1. The lowest BCUT2D eigenvalue weighted by molar-refractivity contribution is -0.137. The highest BCUT2D eigenvalue weighted by molar-refractivity contribution is 5.77. The highest BCUT2D eigenvalue weighted by atomic mass is 19.4. The van der Waals surface area contributed by atoms with E-state index < -0.39 is 17.8 Å². The first-order valence-electron chi connectivity index (χ1n) is 6.55. The van der Waals surface area contributed by atoms with E-state index in [1.54, 1.807) is 7.05 Å². The molecule has 7 heteroatoms. The molecule has 1 atom stereocenters. The molecular weight excluding hydrogens is 285 g/mol. The number of nitrogens with zero attached hydrogens (tertiary/aromatic N) is 1. The van der Waals surface area contributed by atoms with Crippen molar-refractivity contribution in [3.63, 3.8) is 0 Å². The molecular formula is C14H19F3N2O2. The van der Waals surface area contributed by atoms with Gasteiger partial charge in [-0.15, -0.1) is 0 Å². The Balaban J connectivity index is 2.56. The Morgan fingerprint density at radius 2 is 2.10 bits per heavy atom. The Bertz CT molecular complexity index is 478. The lowest BCUT2D eigenvalue weighted by Gasteiger charge is -2.17. The summed E-state index contributed by atoms with van der Waals surface area (Å²) in [6.45, 7) is 2.43. The summed E-state index contributed by atoms with van der Waals surface area (Å²) in [6.07, 6.45) is -5.55. The van der Waals surface area contributed by atoms with Crippen molar-refractivity contribution >= 4 is 5.91 Å². The first-order valence-corrected chi connectivity index (χ1v) is 6.55. The first kappa shape index (κ1) is 17.5. The van der Waals surface area contributed by atoms with E-state index in [2.05, 4.69) is 5.32 Å². The summed E-state index contributed by atoms with van der Waals surface area (Å²) in [4.78, 5) is 13.0. The van der Waals surface area contributed by atoms with Crippen LogP contribution in [0.2, 0.25) is 0 Å². The fourth-order valence-corrected chi connectivity index (χ4v) is 1.67. The predicted octanol–water partition coefficient (Wildman–Crippen LogP) is 1.81. The monoisotopic (exact) mass is 304 g/mol. The maximum Gasteiger partial charge on any atom is 0.416 e. The van der Waals surface area contributed by atoms with Crippen LogP contribution in [-0.4, -0.2) is 42.6 Å². The van der Waals surface area contributed by atoms with E-state index in [1.807, 2.05) is 6.92 Å². The fourth-order valence-electron chi connectivity index (χ4n) is 1.67. The summed E-state index contributed by atoms with van der Waals surface area (Å²) in [7, 11) is 1.65. The van der Waals surface area contributed by atoms with Gasteiger partial charge < -0.3 is 15.3 Å². The number of aliphatic hydroxyl groups is 1. The molecule has 0 radical (unpaired) electrons. The zero-order valence-corrected chi connectivity index (χ0v) is 11.9. The van der Waals surface area contributed by atoms with Crippen LogP contribution in [0.15, 0.2) is 24.3 Å². The summed E-state index contributed by atoms with van der Waals surface area (Å²) in [5, 5.41) is 12.6. The van der Waals surface area contributed by atoms with E-state index >= 15 is 0 Å². The molecule has 0 fully saturated rings. The third kappa shape index (κ3) is 5.35. The number of halogens is 3. The van der Waals surface area contributed by atoms with E-state index in [0.29, 0.717) is 6.54 Å². The summed E-state index contributed by atoms with van der Waals surface area (Å²) < 4.78 is 37.7. The molecule has 1 amide bonds. The molecule has 21 heavy (non-hydrogen) atoms. The highest BCUT2D eigenvalue weighted by Gasteiger charge is 2.30. The quantitative estimate of drug-likeness (QED) is 0.843. The van der Waals surface area contributed by atoms with Crippen molar-refractivity contribution in [2.24, 2.45) is 0 Å². The van der Waals surface area contributed by atoms with Gasteiger partial charge in [0.05, 0.1) is 18.2 Å². The third-order valence-electron chi connectivity index (χ3n) is 3.11. The molecule has 0 aromatic heterocycles. The SMILES string of the molecule is CCN(C)C(=O)CNCC(O)c1cccc(C(F)(F)F)c1. The van der Waals surface area contributed by atoms with E-state index in [0.717, 1.165) is 12.1 Å². The highest BCUT2D eigenvalue weighted by Crippen LogP contribution is 2.30. The van der Waals surface area contributed by atoms with Gasteiger partial charge >= 0.3 is 6.18 Å². The second kappa shape index (κ2) is 7.42. The second-order valence-electron chi connectivity index (χ2n) is 4.68. The van der Waals surface area contributed by atoms with E-state index in [9.17, 15) is 23.1 Å². The minimum atomic E-state index is -4.44. The van der Waals surface area contributed by atoms with Crippen molar-refractivity contribution in [2.75, 3.05) is 26.7 Å². The van der Waals surface area contributed by atoms with Gasteiger partial charge in [-0.3, -0.25) is 4.79 Å². The smallest absolute Gasteiger partial charge is 0.387 e. The molecule has 0 saturated heterocycles. The van der Waals surface area contributed by atoms with Crippen LogP contribution in [0, 0.1) is 0 Å². The van der Waals surface area contributed by atoms with Crippen molar-refractivity contribution in [3.8, 4) is 0 Å². The molecule has 0 aliphatic rings. The molecule has 0 heterocycles. The molecule has 118 valence electrons. The number of rotatable bonds is 6. The van der Waals surface area contributed by atoms with Gasteiger partial charge in [0.1, 0.15) is 0 Å². The van der Waals surface area contributed by atoms with Gasteiger partial charge in [-0.2, -0.15) is 13.2 Å². The van der Waals surface area contributed by atoms with Crippen molar-refractivity contribution in [1.29, 1.82) is 0 Å². The first-order chi connectivity index (χ1) is 9.75. The molecule has 0 saturated carbocycles. The van der Waals surface area contributed by atoms with Gasteiger partial charge in [-0.25, -0.2) is 0 Å². The normalized spacial score (nSPS) is 13.0. The van der Waals surface area contributed by atoms with E-state index in [1.165, 1.54) is 17.0 Å². The largest absolute Gasteiger partial charge is 0.416 e. The average Bonchev–Trinajstić information content (AvgIpc) is 2.45. The number of alkyl halides is 3. The third-order valence-corrected chi connectivity index (χ3v) is 3.11. The number of aliphatic hydroxyl groups excluding tert-OH is 1. The van der Waals surface area contributed by atoms with Crippen molar-refractivity contribution in [3.05, 3.63) is 35.4 Å². The van der Waals surface area contributed by atoms with Crippen molar-refractivity contribution in [2.45, 2.75) is 19.2 Å². The Morgan fingerprint density at radius 3 is 2.67 bits per heavy atom. The minimum Gasteiger partial charge on any atom is -0.387 e. The maximum atomic E-state index is 12.6. The molecule has 0 bridgehead atoms. The molecule has 4 nitrogen and oxygen atoms in total. The number of benzene rings is 1. The summed E-state index contributed by atoms with van der Waals surface area (Å²) in [6, 6.07) is 4.52. The molecule has 0 aliphatic heterocycles. The zero-order chi connectivity index (χ0) is 16.0. The summed E-state index contributed by atoms with van der Waals surface area (Å²) in [5.41, 5.74) is -0.644. The molecule has 2 N–H and O–H groups in total. The molecule has 1 unspecified atom stereocenters. The van der Waals surface area contributed by atoms with Crippen LogP contribution >= 0.6 is 0 Å². The molecule has 0 aliphatic carbocycles.